The summed E-state index contributed by atoms with van der Waals surface area (Å²) < 4.78 is 13.6. The van der Waals surface area contributed by atoms with Crippen LogP contribution in [0.15, 0.2) is 24.3 Å². The maximum absolute atomic E-state index is 13.6. The molecule has 2 rings (SSSR count). The zero-order valence-electron chi connectivity index (χ0n) is 11.8. The van der Waals surface area contributed by atoms with Crippen LogP contribution in [0, 0.1) is 11.7 Å². The van der Waals surface area contributed by atoms with E-state index in [9.17, 15) is 14.0 Å². The predicted molar refractivity (Wildman–Crippen MR) is 76.6 cm³/mol. The summed E-state index contributed by atoms with van der Waals surface area (Å²) in [6.45, 7) is 3.61. The smallest absolute Gasteiger partial charge is 0.326 e. The zero-order valence-corrected chi connectivity index (χ0v) is 11.8. The van der Waals surface area contributed by atoms with E-state index in [1.54, 1.807) is 13.0 Å². The van der Waals surface area contributed by atoms with Crippen molar-refractivity contribution in [3.63, 3.8) is 0 Å². The minimum Gasteiger partial charge on any atom is -0.480 e. The molecular weight excluding hydrogens is 275 g/mol. The molecule has 3 N–H and O–H groups in total. The minimum atomic E-state index is -1.08. The van der Waals surface area contributed by atoms with E-state index in [-0.39, 0.29) is 11.6 Å². The van der Waals surface area contributed by atoms with E-state index in [2.05, 4.69) is 10.3 Å². The Morgan fingerprint density at radius 2 is 2.14 bits per heavy atom. The van der Waals surface area contributed by atoms with E-state index in [4.69, 9.17) is 5.11 Å². The van der Waals surface area contributed by atoms with Gasteiger partial charge in [-0.15, -0.1) is 0 Å². The van der Waals surface area contributed by atoms with Gasteiger partial charge in [0.25, 0.3) is 5.91 Å². The zero-order chi connectivity index (χ0) is 15.6. The summed E-state index contributed by atoms with van der Waals surface area (Å²) in [4.78, 5) is 26.1. The van der Waals surface area contributed by atoms with Crippen LogP contribution in [0.1, 0.15) is 30.8 Å². The number of hydrogen-bond donors (Lipinski definition) is 3. The van der Waals surface area contributed by atoms with Crippen molar-refractivity contribution < 1.29 is 19.1 Å². The van der Waals surface area contributed by atoms with Gasteiger partial charge in [-0.1, -0.05) is 26.3 Å². The molecule has 0 saturated carbocycles. The van der Waals surface area contributed by atoms with E-state index in [1.807, 2.05) is 6.92 Å². The lowest BCUT2D eigenvalue weighted by Crippen LogP contribution is -2.45. The number of nitrogens with one attached hydrogen (secondary N) is 2. The van der Waals surface area contributed by atoms with Crippen LogP contribution in [0.5, 0.6) is 0 Å². The molecular formula is C15H17FN2O3. The SMILES string of the molecule is CCC(C)C(NC(=O)c1cc2c(F)cccc2[nH]1)C(=O)O. The third-order valence-electron chi connectivity index (χ3n) is 3.62. The summed E-state index contributed by atoms with van der Waals surface area (Å²) in [7, 11) is 0. The van der Waals surface area contributed by atoms with Crippen LogP contribution < -0.4 is 5.32 Å². The van der Waals surface area contributed by atoms with Crippen molar-refractivity contribution in [1.29, 1.82) is 0 Å². The van der Waals surface area contributed by atoms with Gasteiger partial charge >= 0.3 is 5.97 Å². The molecule has 0 fully saturated rings. The summed E-state index contributed by atoms with van der Waals surface area (Å²) >= 11 is 0. The highest BCUT2D eigenvalue weighted by molar-refractivity contribution is 5.99. The Labute approximate surface area is 121 Å². The number of benzene rings is 1. The third kappa shape index (κ3) is 3.04. The van der Waals surface area contributed by atoms with Crippen molar-refractivity contribution in [1.82, 2.24) is 10.3 Å². The van der Waals surface area contributed by atoms with Gasteiger partial charge in [0.15, 0.2) is 0 Å². The summed E-state index contributed by atoms with van der Waals surface area (Å²) in [6.07, 6.45) is 0.624. The van der Waals surface area contributed by atoms with Gasteiger partial charge in [-0.2, -0.15) is 0 Å². The van der Waals surface area contributed by atoms with Gasteiger partial charge in [-0.3, -0.25) is 4.79 Å². The predicted octanol–water partition coefficient (Wildman–Crippen LogP) is 2.54. The summed E-state index contributed by atoms with van der Waals surface area (Å²) in [5, 5.41) is 11.9. The minimum absolute atomic E-state index is 0.143. The monoisotopic (exact) mass is 292 g/mol. The van der Waals surface area contributed by atoms with Crippen LogP contribution in [0.4, 0.5) is 4.39 Å². The molecule has 0 aliphatic rings. The van der Waals surface area contributed by atoms with Crippen molar-refractivity contribution in [3.05, 3.63) is 35.8 Å². The highest BCUT2D eigenvalue weighted by Crippen LogP contribution is 2.19. The van der Waals surface area contributed by atoms with Gasteiger partial charge in [0.1, 0.15) is 17.6 Å². The molecule has 5 nitrogen and oxygen atoms in total. The number of carbonyl (C=O) groups excluding carboxylic acids is 1. The van der Waals surface area contributed by atoms with Gasteiger partial charge in [0, 0.05) is 10.9 Å². The molecule has 21 heavy (non-hydrogen) atoms. The number of hydrogen-bond acceptors (Lipinski definition) is 2. The van der Waals surface area contributed by atoms with Crippen LogP contribution in [0.2, 0.25) is 0 Å². The fourth-order valence-electron chi connectivity index (χ4n) is 2.14. The van der Waals surface area contributed by atoms with Crippen molar-refractivity contribution in [2.45, 2.75) is 26.3 Å². The fraction of sp³-hybridized carbons (Fsp3) is 0.333. The standard InChI is InChI=1S/C15H17FN2O3/c1-3-8(2)13(15(20)21)18-14(19)12-7-9-10(16)5-4-6-11(9)17-12/h4-8,13,17H,3H2,1-2H3,(H,18,19)(H,20,21). The Morgan fingerprint density at radius 1 is 1.43 bits per heavy atom. The van der Waals surface area contributed by atoms with Gasteiger partial charge in [-0.25, -0.2) is 9.18 Å². The summed E-state index contributed by atoms with van der Waals surface area (Å²) in [5.41, 5.74) is 0.639. The Hall–Kier alpha value is -2.37. The molecule has 0 saturated heterocycles. The van der Waals surface area contributed by atoms with Crippen LogP contribution in [-0.4, -0.2) is 28.0 Å². The normalized spacial score (nSPS) is 13.9. The van der Waals surface area contributed by atoms with E-state index in [1.165, 1.54) is 18.2 Å². The number of amides is 1. The second kappa shape index (κ2) is 5.95. The van der Waals surface area contributed by atoms with Gasteiger partial charge in [0.05, 0.1) is 0 Å². The van der Waals surface area contributed by atoms with E-state index in [0.717, 1.165) is 0 Å². The first-order chi connectivity index (χ1) is 9.93. The molecule has 2 aromatic rings. The summed E-state index contributed by atoms with van der Waals surface area (Å²) in [5.74, 6) is -2.27. The van der Waals surface area contributed by atoms with Crippen molar-refractivity contribution >= 4 is 22.8 Å². The average Bonchev–Trinajstić information content (AvgIpc) is 2.89. The number of aromatic amines is 1. The number of fused-ring (bicyclic) bond motifs is 1. The molecule has 0 radical (unpaired) electrons. The van der Waals surface area contributed by atoms with E-state index in [0.29, 0.717) is 17.3 Å². The van der Waals surface area contributed by atoms with Crippen LogP contribution in [-0.2, 0) is 4.79 Å². The quantitative estimate of drug-likeness (QED) is 0.792. The molecule has 2 atom stereocenters. The maximum Gasteiger partial charge on any atom is 0.326 e. The topological polar surface area (TPSA) is 82.2 Å². The molecule has 2 unspecified atom stereocenters. The van der Waals surface area contributed by atoms with Gasteiger partial charge in [-0.05, 0) is 24.1 Å². The maximum atomic E-state index is 13.6. The third-order valence-corrected chi connectivity index (χ3v) is 3.62. The Balaban J connectivity index is 2.25. The van der Waals surface area contributed by atoms with Crippen LogP contribution >= 0.6 is 0 Å². The molecule has 1 aromatic carbocycles. The summed E-state index contributed by atoms with van der Waals surface area (Å²) in [6, 6.07) is 4.90. The molecule has 112 valence electrons. The second-order valence-corrected chi connectivity index (χ2v) is 5.06. The number of H-pyrrole nitrogens is 1. The lowest BCUT2D eigenvalue weighted by atomic mass is 9.99. The molecule has 1 aromatic heterocycles. The Bertz CT molecular complexity index is 681. The number of carboxylic acids is 1. The second-order valence-electron chi connectivity index (χ2n) is 5.06. The number of aliphatic carboxylic acids is 1. The number of halogens is 1. The molecule has 1 amide bonds. The first kappa shape index (κ1) is 15.0. The Kier molecular flexibility index (Phi) is 4.26. The molecule has 1 heterocycles. The van der Waals surface area contributed by atoms with Crippen molar-refractivity contribution in [3.8, 4) is 0 Å². The average molecular weight is 292 g/mol. The molecule has 6 heteroatoms. The first-order valence-electron chi connectivity index (χ1n) is 6.75. The largest absolute Gasteiger partial charge is 0.480 e. The highest BCUT2D eigenvalue weighted by Gasteiger charge is 2.26. The number of carboxylic acid groups (broad SMARTS) is 1. The number of aromatic nitrogens is 1. The van der Waals surface area contributed by atoms with Crippen molar-refractivity contribution in [2.75, 3.05) is 0 Å². The molecule has 0 aliphatic carbocycles. The molecule has 0 spiro atoms. The first-order valence-corrected chi connectivity index (χ1v) is 6.75. The Morgan fingerprint density at radius 3 is 2.71 bits per heavy atom. The molecule has 0 bridgehead atoms. The number of carbonyl (C=O) groups is 2. The van der Waals surface area contributed by atoms with E-state index < -0.39 is 23.7 Å². The highest BCUT2D eigenvalue weighted by atomic mass is 19.1. The van der Waals surface area contributed by atoms with Gasteiger partial charge in [0.2, 0.25) is 0 Å². The lowest BCUT2D eigenvalue weighted by molar-refractivity contribution is -0.140. The van der Waals surface area contributed by atoms with Crippen molar-refractivity contribution in [2.24, 2.45) is 5.92 Å². The lowest BCUT2D eigenvalue weighted by Gasteiger charge is -2.19. The fourth-order valence-corrected chi connectivity index (χ4v) is 2.14. The van der Waals surface area contributed by atoms with Crippen LogP contribution in [0.3, 0.4) is 0 Å². The van der Waals surface area contributed by atoms with Gasteiger partial charge < -0.3 is 15.4 Å². The number of rotatable bonds is 5. The van der Waals surface area contributed by atoms with E-state index >= 15 is 0 Å². The van der Waals surface area contributed by atoms with Crippen LogP contribution in [0.25, 0.3) is 10.9 Å². The molecule has 0 aliphatic heterocycles.